The molecule has 1 saturated heterocycles. The lowest BCUT2D eigenvalue weighted by molar-refractivity contribution is -0.138. The summed E-state index contributed by atoms with van der Waals surface area (Å²) < 4.78 is 4.94. The number of carbonyl (C=O) groups is 2. The summed E-state index contributed by atoms with van der Waals surface area (Å²) in [7, 11) is 1.66. The van der Waals surface area contributed by atoms with Crippen molar-refractivity contribution in [3.05, 3.63) is 0 Å². The maximum Gasteiger partial charge on any atom is 0.317 e. The van der Waals surface area contributed by atoms with E-state index in [-0.39, 0.29) is 18.5 Å². The van der Waals surface area contributed by atoms with Gasteiger partial charge < -0.3 is 20.1 Å². The second-order valence-electron chi connectivity index (χ2n) is 4.87. The van der Waals surface area contributed by atoms with E-state index in [2.05, 4.69) is 5.32 Å². The van der Waals surface area contributed by atoms with Crippen LogP contribution in [0.4, 0.5) is 4.79 Å². The molecule has 1 rings (SSSR count). The molecular weight excluding hydrogens is 248 g/mol. The number of ether oxygens (including phenoxy) is 1. The van der Waals surface area contributed by atoms with Crippen LogP contribution in [-0.2, 0) is 9.53 Å². The van der Waals surface area contributed by atoms with Crippen molar-refractivity contribution in [2.24, 2.45) is 0 Å². The lowest BCUT2D eigenvalue weighted by atomic mass is 10.00. The van der Waals surface area contributed by atoms with Crippen molar-refractivity contribution < 1.29 is 19.4 Å². The summed E-state index contributed by atoms with van der Waals surface area (Å²) in [5.41, 5.74) is 0. The van der Waals surface area contributed by atoms with Crippen LogP contribution < -0.4 is 5.32 Å². The molecule has 0 aliphatic carbocycles. The summed E-state index contributed by atoms with van der Waals surface area (Å²) in [5, 5.41) is 11.7. The number of hydrogen-bond donors (Lipinski definition) is 2. The molecular formula is C13H24N2O4. The Bertz CT molecular complexity index is 296. The molecule has 2 N–H and O–H groups in total. The number of piperidine rings is 1. The van der Waals surface area contributed by atoms with E-state index in [0.717, 1.165) is 32.1 Å². The molecule has 0 radical (unpaired) electrons. The predicted octanol–water partition coefficient (Wildman–Crippen LogP) is 1.45. The average Bonchev–Trinajstić information content (AvgIpc) is 2.38. The van der Waals surface area contributed by atoms with Crippen molar-refractivity contribution in [2.45, 2.75) is 44.6 Å². The first kappa shape index (κ1) is 15.8. The molecule has 6 heteroatoms. The summed E-state index contributed by atoms with van der Waals surface area (Å²) in [6, 6.07) is -0.298. The molecule has 19 heavy (non-hydrogen) atoms. The third kappa shape index (κ3) is 5.92. The van der Waals surface area contributed by atoms with E-state index in [1.54, 1.807) is 12.0 Å². The van der Waals surface area contributed by atoms with Crippen LogP contribution in [0.3, 0.4) is 0 Å². The molecule has 0 saturated carbocycles. The second-order valence-corrected chi connectivity index (χ2v) is 4.87. The molecule has 0 spiro atoms. The van der Waals surface area contributed by atoms with Crippen molar-refractivity contribution in [1.29, 1.82) is 0 Å². The maximum absolute atomic E-state index is 12.0. The van der Waals surface area contributed by atoms with Crippen LogP contribution in [0, 0.1) is 0 Å². The number of likely N-dealkylation sites (tertiary alicyclic amines) is 1. The molecule has 0 aromatic heterocycles. The Kier molecular flexibility index (Phi) is 7.25. The lowest BCUT2D eigenvalue weighted by Gasteiger charge is -2.34. The first-order valence-corrected chi connectivity index (χ1v) is 6.90. The molecule has 0 bridgehead atoms. The Labute approximate surface area is 114 Å². The first-order valence-electron chi connectivity index (χ1n) is 6.90. The minimum atomic E-state index is -0.843. The van der Waals surface area contributed by atoms with Crippen LogP contribution in [-0.4, -0.2) is 54.9 Å². The van der Waals surface area contributed by atoms with Crippen molar-refractivity contribution in [1.82, 2.24) is 10.2 Å². The van der Waals surface area contributed by atoms with Gasteiger partial charge in [0.15, 0.2) is 0 Å². The van der Waals surface area contributed by atoms with Gasteiger partial charge in [0.2, 0.25) is 0 Å². The molecule has 1 fully saturated rings. The van der Waals surface area contributed by atoms with E-state index >= 15 is 0 Å². The molecule has 0 aromatic carbocycles. The monoisotopic (exact) mass is 272 g/mol. The fourth-order valence-electron chi connectivity index (χ4n) is 2.35. The van der Waals surface area contributed by atoms with Gasteiger partial charge >= 0.3 is 12.0 Å². The number of amides is 2. The number of carbonyl (C=O) groups excluding carboxylic acids is 1. The fourth-order valence-corrected chi connectivity index (χ4v) is 2.35. The first-order chi connectivity index (χ1) is 9.15. The van der Waals surface area contributed by atoms with Crippen molar-refractivity contribution >= 4 is 12.0 Å². The Morgan fingerprint density at radius 3 is 2.84 bits per heavy atom. The number of methoxy groups -OCH3 is 1. The van der Waals surface area contributed by atoms with E-state index in [1.165, 1.54) is 0 Å². The smallest absolute Gasteiger partial charge is 0.317 e. The number of carboxylic acid groups (broad SMARTS) is 1. The minimum absolute atomic E-state index is 0.0388. The summed E-state index contributed by atoms with van der Waals surface area (Å²) in [4.78, 5) is 24.5. The third-order valence-corrected chi connectivity index (χ3v) is 3.35. The lowest BCUT2D eigenvalue weighted by Crippen LogP contribution is -2.49. The predicted molar refractivity (Wildman–Crippen MR) is 71.1 cm³/mol. The number of nitrogens with one attached hydrogen (secondary N) is 1. The Hall–Kier alpha value is -1.30. The Balaban J connectivity index is 2.32. The number of nitrogens with zero attached hydrogens (tertiary/aromatic N) is 1. The van der Waals surface area contributed by atoms with E-state index in [0.29, 0.717) is 19.7 Å². The van der Waals surface area contributed by atoms with Gasteiger partial charge in [-0.25, -0.2) is 4.79 Å². The second kappa shape index (κ2) is 8.74. The summed E-state index contributed by atoms with van der Waals surface area (Å²) >= 11 is 0. The van der Waals surface area contributed by atoms with Gasteiger partial charge in [-0.2, -0.15) is 0 Å². The van der Waals surface area contributed by atoms with Crippen LogP contribution in [0.1, 0.15) is 38.5 Å². The van der Waals surface area contributed by atoms with Crippen LogP contribution in [0.25, 0.3) is 0 Å². The van der Waals surface area contributed by atoms with E-state index in [1.807, 2.05) is 0 Å². The fraction of sp³-hybridized carbons (Fsp3) is 0.846. The zero-order valence-electron chi connectivity index (χ0n) is 11.6. The molecule has 110 valence electrons. The van der Waals surface area contributed by atoms with Gasteiger partial charge in [-0.15, -0.1) is 0 Å². The van der Waals surface area contributed by atoms with Crippen LogP contribution in [0.2, 0.25) is 0 Å². The van der Waals surface area contributed by atoms with E-state index in [4.69, 9.17) is 9.84 Å². The molecule has 6 nitrogen and oxygen atoms in total. The van der Waals surface area contributed by atoms with Gasteiger partial charge in [0.05, 0.1) is 6.42 Å². The van der Waals surface area contributed by atoms with Crippen LogP contribution in [0.5, 0.6) is 0 Å². The highest BCUT2D eigenvalue weighted by atomic mass is 16.5. The van der Waals surface area contributed by atoms with Gasteiger partial charge in [-0.3, -0.25) is 4.79 Å². The van der Waals surface area contributed by atoms with Gasteiger partial charge in [0, 0.05) is 32.8 Å². The van der Waals surface area contributed by atoms with Crippen LogP contribution >= 0.6 is 0 Å². The molecule has 1 heterocycles. The average molecular weight is 272 g/mol. The summed E-state index contributed by atoms with van der Waals surface area (Å²) in [6.45, 7) is 1.96. The number of unbranched alkanes of at least 4 members (excludes halogenated alkanes) is 1. The highest BCUT2D eigenvalue weighted by Gasteiger charge is 2.28. The van der Waals surface area contributed by atoms with E-state index in [9.17, 15) is 9.59 Å². The zero-order valence-corrected chi connectivity index (χ0v) is 11.6. The summed E-state index contributed by atoms with van der Waals surface area (Å²) in [5.74, 6) is -0.843. The molecule has 0 aromatic rings. The molecule has 1 unspecified atom stereocenters. The third-order valence-electron chi connectivity index (χ3n) is 3.35. The molecule has 1 aliphatic rings. The van der Waals surface area contributed by atoms with Crippen molar-refractivity contribution in [2.75, 3.05) is 26.8 Å². The number of carboxylic acids is 1. The normalized spacial score (nSPS) is 19.2. The van der Waals surface area contributed by atoms with Gasteiger partial charge in [0.1, 0.15) is 0 Å². The van der Waals surface area contributed by atoms with Gasteiger partial charge in [-0.1, -0.05) is 0 Å². The van der Waals surface area contributed by atoms with Crippen molar-refractivity contribution in [3.63, 3.8) is 0 Å². The molecule has 1 atom stereocenters. The highest BCUT2D eigenvalue weighted by Crippen LogP contribution is 2.19. The standard InChI is InChI=1S/C13H24N2O4/c1-19-9-5-3-7-14-13(18)15-8-4-2-6-11(15)10-12(16)17/h11H,2-10H2,1H3,(H,14,18)(H,16,17). The summed E-state index contributed by atoms with van der Waals surface area (Å²) in [6.07, 6.45) is 4.55. The SMILES string of the molecule is COCCCCNC(=O)N1CCCCC1CC(=O)O. The quantitative estimate of drug-likeness (QED) is 0.688. The highest BCUT2D eigenvalue weighted by molar-refractivity contribution is 5.76. The zero-order chi connectivity index (χ0) is 14.1. The number of urea groups is 1. The maximum atomic E-state index is 12.0. The van der Waals surface area contributed by atoms with Crippen LogP contribution in [0.15, 0.2) is 0 Å². The topological polar surface area (TPSA) is 78.9 Å². The Morgan fingerprint density at radius 1 is 1.37 bits per heavy atom. The van der Waals surface area contributed by atoms with Gasteiger partial charge in [-0.05, 0) is 32.1 Å². The van der Waals surface area contributed by atoms with Gasteiger partial charge in [0.25, 0.3) is 0 Å². The molecule has 1 aliphatic heterocycles. The number of aliphatic carboxylic acids is 1. The Morgan fingerprint density at radius 2 is 2.16 bits per heavy atom. The number of rotatable bonds is 7. The van der Waals surface area contributed by atoms with E-state index < -0.39 is 5.97 Å². The van der Waals surface area contributed by atoms with Crippen molar-refractivity contribution in [3.8, 4) is 0 Å². The molecule has 2 amide bonds. The number of hydrogen-bond acceptors (Lipinski definition) is 3. The minimum Gasteiger partial charge on any atom is -0.481 e. The largest absolute Gasteiger partial charge is 0.481 e.